The van der Waals surface area contributed by atoms with E-state index in [1.807, 2.05) is 42.5 Å². The average molecular weight is 564 g/mol. The Morgan fingerprint density at radius 2 is 1.31 bits per heavy atom. The molecular weight excluding hydrogens is 534 g/mol. The molecule has 4 aromatic rings. The van der Waals surface area contributed by atoms with Crippen LogP contribution in [0.15, 0.2) is 67.0 Å². The Bertz CT molecular complexity index is 1470. The van der Waals surface area contributed by atoms with Gasteiger partial charge < -0.3 is 20.4 Å². The second-order valence-corrected chi connectivity index (χ2v) is 9.95. The van der Waals surface area contributed by atoms with Gasteiger partial charge in [0, 0.05) is 61.8 Å². The summed E-state index contributed by atoms with van der Waals surface area (Å²) in [6.45, 7) is 2.51. The molecule has 3 aromatic heterocycles. The molecule has 0 aliphatic carbocycles. The van der Waals surface area contributed by atoms with Gasteiger partial charge in [-0.25, -0.2) is 0 Å². The molecule has 13 heteroatoms. The number of amides is 2. The predicted molar refractivity (Wildman–Crippen MR) is 152 cm³/mol. The highest BCUT2D eigenvalue weighted by Gasteiger charge is 2.25. The van der Waals surface area contributed by atoms with Gasteiger partial charge in [-0.05, 0) is 37.1 Å². The van der Waals surface area contributed by atoms with Crippen LogP contribution in [0, 0.1) is 22.9 Å². The van der Waals surface area contributed by atoms with Crippen LogP contribution in [0.25, 0.3) is 22.5 Å². The molecule has 5 heterocycles. The van der Waals surface area contributed by atoms with E-state index in [1.54, 1.807) is 34.3 Å². The number of aromatic nitrogens is 5. The van der Waals surface area contributed by atoms with E-state index in [0.29, 0.717) is 43.3 Å². The third kappa shape index (κ3) is 6.89. The van der Waals surface area contributed by atoms with Crippen molar-refractivity contribution in [3.05, 3.63) is 78.4 Å². The molecule has 2 aliphatic rings. The Morgan fingerprint density at radius 3 is 1.79 bits per heavy atom. The zero-order valence-corrected chi connectivity index (χ0v) is 22.7. The van der Waals surface area contributed by atoms with Crippen molar-refractivity contribution in [1.82, 2.24) is 45.8 Å². The fourth-order valence-corrected chi connectivity index (χ4v) is 4.76. The second-order valence-electron chi connectivity index (χ2n) is 9.95. The van der Waals surface area contributed by atoms with Crippen LogP contribution >= 0.6 is 0 Å². The Morgan fingerprint density at radius 1 is 0.786 bits per heavy atom. The molecule has 2 atom stereocenters. The van der Waals surface area contributed by atoms with Crippen molar-refractivity contribution in [2.45, 2.75) is 24.9 Å². The Balaban J connectivity index is 0.000000168. The number of benzene rings is 1. The summed E-state index contributed by atoms with van der Waals surface area (Å²) in [6, 6.07) is 16.8. The summed E-state index contributed by atoms with van der Waals surface area (Å²) in [5, 5.41) is 37.2. The van der Waals surface area contributed by atoms with Crippen LogP contribution in [0.4, 0.5) is 0 Å². The van der Waals surface area contributed by atoms with E-state index in [0.717, 1.165) is 29.7 Å². The van der Waals surface area contributed by atoms with E-state index in [-0.39, 0.29) is 23.9 Å². The molecule has 4 N–H and O–H groups in total. The first-order valence-electron chi connectivity index (χ1n) is 13.5. The van der Waals surface area contributed by atoms with Gasteiger partial charge >= 0.3 is 0 Å². The number of likely N-dealkylation sites (tertiary alicyclic amines) is 2. The summed E-state index contributed by atoms with van der Waals surface area (Å²) < 4.78 is 0. The van der Waals surface area contributed by atoms with Gasteiger partial charge in [0.1, 0.15) is 11.4 Å². The van der Waals surface area contributed by atoms with Crippen LogP contribution in [-0.2, 0) is 0 Å². The third-order valence-electron chi connectivity index (χ3n) is 7.00. The topological polar surface area (TPSA) is 183 Å². The number of aromatic amines is 2. The molecule has 6 rings (SSSR count). The van der Waals surface area contributed by atoms with Crippen molar-refractivity contribution >= 4 is 11.8 Å². The summed E-state index contributed by atoms with van der Waals surface area (Å²) in [5.74, 6) is -0.392. The zero-order valence-electron chi connectivity index (χ0n) is 22.7. The number of hydrogen-bond acceptors (Lipinski definition) is 9. The van der Waals surface area contributed by atoms with Gasteiger partial charge in [-0.2, -0.15) is 20.7 Å². The third-order valence-corrected chi connectivity index (χ3v) is 7.00. The quantitative estimate of drug-likeness (QED) is 0.255. The minimum atomic E-state index is -0.206. The van der Waals surface area contributed by atoms with Gasteiger partial charge in [-0.3, -0.25) is 24.8 Å². The van der Waals surface area contributed by atoms with E-state index in [2.05, 4.69) is 48.4 Å². The van der Waals surface area contributed by atoms with E-state index < -0.39 is 0 Å². The molecule has 0 unspecified atom stereocenters. The maximum Gasteiger partial charge on any atom is 0.269 e. The molecule has 1 aromatic carbocycles. The highest BCUT2D eigenvalue weighted by molar-refractivity contribution is 5.94. The lowest BCUT2D eigenvalue weighted by Crippen LogP contribution is -2.36. The largest absolute Gasteiger partial charge is 0.346 e. The summed E-state index contributed by atoms with van der Waals surface area (Å²) in [6.07, 6.45) is 9.13. The number of rotatable bonds is 6. The van der Waals surface area contributed by atoms with E-state index >= 15 is 0 Å². The SMILES string of the molecule is N#CN1CC[C@@H](NC(=O)c2cc(-c3ccccc3)n[nH]2)C1.N#CN1CC[C@@H](NC(=O)c2cc(-c3cccnc3)n[nH]2)C1. The molecule has 0 saturated carbocycles. The van der Waals surface area contributed by atoms with Crippen LogP contribution in [0.5, 0.6) is 0 Å². The zero-order chi connectivity index (χ0) is 29.3. The first-order chi connectivity index (χ1) is 20.5. The van der Waals surface area contributed by atoms with Crippen molar-refractivity contribution in [1.29, 1.82) is 10.5 Å². The molecule has 2 amide bonds. The van der Waals surface area contributed by atoms with Crippen LogP contribution < -0.4 is 10.6 Å². The van der Waals surface area contributed by atoms with Crippen molar-refractivity contribution in [3.63, 3.8) is 0 Å². The van der Waals surface area contributed by atoms with Gasteiger partial charge in [0.15, 0.2) is 12.4 Å². The number of pyridine rings is 1. The summed E-state index contributed by atoms with van der Waals surface area (Å²) in [4.78, 5) is 31.6. The number of hydrogen-bond donors (Lipinski definition) is 4. The molecule has 2 saturated heterocycles. The van der Waals surface area contributed by atoms with E-state index in [4.69, 9.17) is 10.5 Å². The lowest BCUT2D eigenvalue weighted by Gasteiger charge is -2.10. The smallest absolute Gasteiger partial charge is 0.269 e. The first kappa shape index (κ1) is 27.9. The molecule has 2 fully saturated rings. The minimum absolute atomic E-state index is 0.00212. The lowest BCUT2D eigenvalue weighted by atomic mass is 10.1. The number of nitrogens with one attached hydrogen (secondary N) is 4. The van der Waals surface area contributed by atoms with Gasteiger partial charge in [-0.15, -0.1) is 0 Å². The minimum Gasteiger partial charge on any atom is -0.346 e. The van der Waals surface area contributed by atoms with Crippen molar-refractivity contribution < 1.29 is 9.59 Å². The predicted octanol–water partition coefficient (Wildman–Crippen LogP) is 2.12. The van der Waals surface area contributed by atoms with Gasteiger partial charge in [0.05, 0.1) is 11.4 Å². The highest BCUT2D eigenvalue weighted by atomic mass is 16.2. The van der Waals surface area contributed by atoms with Gasteiger partial charge in [0.25, 0.3) is 11.8 Å². The standard InChI is InChI=1S/C15H15N5O.C14H14N6O/c16-10-20-7-6-12(9-20)17-15(21)14-8-13(18-19-14)11-4-2-1-3-5-11;15-9-20-5-3-11(8-20)17-14(21)13-6-12(18-19-13)10-2-1-4-16-7-10/h1-5,8,12H,6-7,9H2,(H,17,21)(H,18,19);1-2,4,6-7,11H,3,5,8H2,(H,17,21)(H,18,19)/t12-;11-/m11/s1. The van der Waals surface area contributed by atoms with Crippen LogP contribution in [0.3, 0.4) is 0 Å². The van der Waals surface area contributed by atoms with Crippen LogP contribution in [0.2, 0.25) is 0 Å². The maximum atomic E-state index is 12.2. The molecule has 0 radical (unpaired) electrons. The van der Waals surface area contributed by atoms with E-state index in [9.17, 15) is 9.59 Å². The lowest BCUT2D eigenvalue weighted by molar-refractivity contribution is 0.0925. The second kappa shape index (κ2) is 13.1. The normalized spacial score (nSPS) is 17.5. The number of nitriles is 2. The molecular formula is C29H29N11O2. The highest BCUT2D eigenvalue weighted by Crippen LogP contribution is 2.18. The molecule has 0 spiro atoms. The number of nitrogens with zero attached hydrogens (tertiary/aromatic N) is 7. The Hall–Kier alpha value is -5.69. The van der Waals surface area contributed by atoms with Gasteiger partial charge in [0.2, 0.25) is 0 Å². The fourth-order valence-electron chi connectivity index (χ4n) is 4.76. The van der Waals surface area contributed by atoms with Crippen molar-refractivity contribution in [2.75, 3.05) is 26.2 Å². The molecule has 212 valence electrons. The van der Waals surface area contributed by atoms with Gasteiger partial charge in [-0.1, -0.05) is 30.3 Å². The number of H-pyrrole nitrogens is 2. The Labute approximate surface area is 242 Å². The maximum absolute atomic E-state index is 12.2. The van der Waals surface area contributed by atoms with Crippen LogP contribution in [0.1, 0.15) is 33.8 Å². The summed E-state index contributed by atoms with van der Waals surface area (Å²) >= 11 is 0. The molecule has 13 nitrogen and oxygen atoms in total. The number of carbonyl (C=O) groups excluding carboxylic acids is 2. The summed E-state index contributed by atoms with van der Waals surface area (Å²) in [5.41, 5.74) is 4.08. The average Bonchev–Trinajstić information content (AvgIpc) is 3.85. The monoisotopic (exact) mass is 563 g/mol. The van der Waals surface area contributed by atoms with Crippen molar-refractivity contribution in [2.24, 2.45) is 0 Å². The Kier molecular flexibility index (Phi) is 8.70. The molecule has 42 heavy (non-hydrogen) atoms. The fraction of sp³-hybridized carbons (Fsp3) is 0.276. The molecule has 2 aliphatic heterocycles. The van der Waals surface area contributed by atoms with Crippen LogP contribution in [-0.4, -0.2) is 85.3 Å². The van der Waals surface area contributed by atoms with E-state index in [1.165, 1.54) is 0 Å². The summed E-state index contributed by atoms with van der Waals surface area (Å²) in [7, 11) is 0. The molecule has 0 bridgehead atoms. The number of carbonyl (C=O) groups is 2. The first-order valence-corrected chi connectivity index (χ1v) is 13.5. The van der Waals surface area contributed by atoms with Crippen molar-refractivity contribution in [3.8, 4) is 34.9 Å².